The Balaban J connectivity index is 0.000000847. The Hall–Kier alpha value is -2.00. The molecule has 0 bridgehead atoms. The molecule has 1 aliphatic heterocycles. The number of rotatable bonds is 5. The van der Waals surface area contributed by atoms with Gasteiger partial charge in [0.05, 0.1) is 0 Å². The molecule has 0 saturated carbocycles. The topological polar surface area (TPSA) is 30.5 Å². The zero-order valence-electron chi connectivity index (χ0n) is 13.5. The summed E-state index contributed by atoms with van der Waals surface area (Å²) in [5.41, 5.74) is 2.59. The summed E-state index contributed by atoms with van der Waals surface area (Å²) in [6.07, 6.45) is 0.990. The summed E-state index contributed by atoms with van der Waals surface area (Å²) in [6, 6.07) is 16.6. The van der Waals surface area contributed by atoms with E-state index in [2.05, 4.69) is 41.7 Å². The fourth-order valence-corrected chi connectivity index (χ4v) is 2.30. The molecule has 1 aliphatic rings. The van der Waals surface area contributed by atoms with E-state index >= 15 is 0 Å². The second kappa shape index (κ2) is 9.11. The van der Waals surface area contributed by atoms with Gasteiger partial charge in [-0.15, -0.1) is 0 Å². The van der Waals surface area contributed by atoms with Crippen LogP contribution in [-0.2, 0) is 13.0 Å². The number of benzene rings is 2. The minimum atomic E-state index is 0.642. The van der Waals surface area contributed by atoms with Crippen LogP contribution in [0.25, 0.3) is 0 Å². The molecule has 0 aliphatic carbocycles. The molecule has 0 unspecified atom stereocenters. The number of nitrogens with one attached hydrogen (secondary N) is 1. The van der Waals surface area contributed by atoms with Crippen molar-refractivity contribution in [2.24, 2.45) is 0 Å². The van der Waals surface area contributed by atoms with E-state index in [1.165, 1.54) is 11.1 Å². The molecule has 0 spiro atoms. The summed E-state index contributed by atoms with van der Waals surface area (Å²) < 4.78 is 11.1. The van der Waals surface area contributed by atoms with E-state index in [1.807, 2.05) is 26.0 Å². The molecule has 3 nitrogen and oxygen atoms in total. The Kier molecular flexibility index (Phi) is 6.78. The van der Waals surface area contributed by atoms with Crippen LogP contribution in [0.2, 0.25) is 0 Å². The summed E-state index contributed by atoms with van der Waals surface area (Å²) in [4.78, 5) is 0. The van der Waals surface area contributed by atoms with Crippen LogP contribution in [-0.4, -0.2) is 19.8 Å². The number of fused-ring (bicyclic) bond motifs is 1. The van der Waals surface area contributed by atoms with Gasteiger partial charge >= 0.3 is 0 Å². The minimum absolute atomic E-state index is 0.642. The normalized spacial score (nSPS) is 12.3. The zero-order valence-corrected chi connectivity index (χ0v) is 13.5. The minimum Gasteiger partial charge on any atom is -0.486 e. The van der Waals surface area contributed by atoms with Crippen molar-refractivity contribution < 1.29 is 9.47 Å². The van der Waals surface area contributed by atoms with Crippen LogP contribution in [0.1, 0.15) is 25.0 Å². The van der Waals surface area contributed by atoms with Crippen LogP contribution >= 0.6 is 0 Å². The van der Waals surface area contributed by atoms with E-state index in [0.717, 1.165) is 31.0 Å². The zero-order chi connectivity index (χ0) is 15.6. The Morgan fingerprint density at radius 1 is 0.864 bits per heavy atom. The van der Waals surface area contributed by atoms with Crippen LogP contribution in [0.5, 0.6) is 11.5 Å². The SMILES string of the molecule is CC.c1ccc(CNCCc2ccc3c(c2)OCCO3)cc1. The summed E-state index contributed by atoms with van der Waals surface area (Å²) in [6.45, 7) is 7.15. The Bertz CT molecular complexity index is 555. The van der Waals surface area contributed by atoms with E-state index in [4.69, 9.17) is 9.47 Å². The molecule has 0 radical (unpaired) electrons. The fourth-order valence-electron chi connectivity index (χ4n) is 2.30. The van der Waals surface area contributed by atoms with Crippen molar-refractivity contribution in [3.63, 3.8) is 0 Å². The van der Waals surface area contributed by atoms with Gasteiger partial charge < -0.3 is 14.8 Å². The van der Waals surface area contributed by atoms with Crippen LogP contribution < -0.4 is 14.8 Å². The monoisotopic (exact) mass is 299 g/mol. The Morgan fingerprint density at radius 2 is 1.59 bits per heavy atom. The predicted octanol–water partition coefficient (Wildman–Crippen LogP) is 3.82. The van der Waals surface area contributed by atoms with Gasteiger partial charge in [0.25, 0.3) is 0 Å². The van der Waals surface area contributed by atoms with Crippen molar-refractivity contribution in [3.8, 4) is 11.5 Å². The highest BCUT2D eigenvalue weighted by atomic mass is 16.6. The fraction of sp³-hybridized carbons (Fsp3) is 0.368. The molecule has 1 N–H and O–H groups in total. The van der Waals surface area contributed by atoms with E-state index in [-0.39, 0.29) is 0 Å². The lowest BCUT2D eigenvalue weighted by Crippen LogP contribution is -2.17. The molecule has 0 fully saturated rings. The van der Waals surface area contributed by atoms with Gasteiger partial charge in [-0.2, -0.15) is 0 Å². The second-order valence-corrected chi connectivity index (χ2v) is 4.89. The van der Waals surface area contributed by atoms with Gasteiger partial charge in [-0.05, 0) is 36.2 Å². The van der Waals surface area contributed by atoms with Crippen LogP contribution in [0.4, 0.5) is 0 Å². The Morgan fingerprint density at radius 3 is 2.36 bits per heavy atom. The van der Waals surface area contributed by atoms with Crippen molar-refractivity contribution in [2.75, 3.05) is 19.8 Å². The van der Waals surface area contributed by atoms with Gasteiger partial charge in [-0.1, -0.05) is 50.2 Å². The van der Waals surface area contributed by atoms with E-state index < -0.39 is 0 Å². The third-order valence-electron chi connectivity index (χ3n) is 3.37. The second-order valence-electron chi connectivity index (χ2n) is 4.89. The van der Waals surface area contributed by atoms with Gasteiger partial charge in [-0.25, -0.2) is 0 Å². The van der Waals surface area contributed by atoms with Gasteiger partial charge in [0.2, 0.25) is 0 Å². The molecule has 0 aromatic heterocycles. The third-order valence-corrected chi connectivity index (χ3v) is 3.37. The standard InChI is InChI=1S/C17H19NO2.C2H6/c1-2-4-15(5-3-1)13-18-9-8-14-6-7-16-17(12-14)20-11-10-19-16;1-2/h1-7,12,18H,8-11,13H2;1-2H3. The van der Waals surface area contributed by atoms with Crippen LogP contribution in [0.15, 0.2) is 48.5 Å². The smallest absolute Gasteiger partial charge is 0.161 e. The lowest BCUT2D eigenvalue weighted by molar-refractivity contribution is 0.171. The van der Waals surface area contributed by atoms with Crippen molar-refractivity contribution in [1.82, 2.24) is 5.32 Å². The average Bonchev–Trinajstić information content (AvgIpc) is 2.61. The van der Waals surface area contributed by atoms with Gasteiger partial charge in [0, 0.05) is 6.54 Å². The van der Waals surface area contributed by atoms with Crippen molar-refractivity contribution in [1.29, 1.82) is 0 Å². The first-order chi connectivity index (χ1) is 10.9. The predicted molar refractivity (Wildman–Crippen MR) is 90.6 cm³/mol. The maximum atomic E-state index is 5.59. The molecule has 2 aromatic carbocycles. The lowest BCUT2D eigenvalue weighted by Gasteiger charge is -2.18. The van der Waals surface area contributed by atoms with Gasteiger partial charge in [0.15, 0.2) is 11.5 Å². The summed E-state index contributed by atoms with van der Waals surface area (Å²) in [7, 11) is 0. The highest BCUT2D eigenvalue weighted by Gasteiger charge is 2.11. The summed E-state index contributed by atoms with van der Waals surface area (Å²) in [5, 5.41) is 3.46. The molecular weight excluding hydrogens is 274 g/mol. The largest absolute Gasteiger partial charge is 0.486 e. The Labute approximate surface area is 133 Å². The first-order valence-electron chi connectivity index (χ1n) is 8.05. The summed E-state index contributed by atoms with van der Waals surface area (Å²) in [5.74, 6) is 1.73. The number of ether oxygens (including phenoxy) is 2. The van der Waals surface area contributed by atoms with Gasteiger partial charge in [0.1, 0.15) is 13.2 Å². The molecule has 22 heavy (non-hydrogen) atoms. The first-order valence-corrected chi connectivity index (χ1v) is 8.05. The average molecular weight is 299 g/mol. The number of hydrogen-bond acceptors (Lipinski definition) is 3. The van der Waals surface area contributed by atoms with Crippen molar-refractivity contribution >= 4 is 0 Å². The molecule has 118 valence electrons. The quantitative estimate of drug-likeness (QED) is 0.852. The molecule has 2 aromatic rings. The maximum absolute atomic E-state index is 5.59. The first kappa shape index (κ1) is 16.4. The lowest BCUT2D eigenvalue weighted by atomic mass is 10.1. The molecule has 1 heterocycles. The highest BCUT2D eigenvalue weighted by Crippen LogP contribution is 2.30. The number of hydrogen-bond donors (Lipinski definition) is 1. The van der Waals surface area contributed by atoms with Crippen LogP contribution in [0, 0.1) is 0 Å². The molecule has 0 amide bonds. The molecular formula is C19H25NO2. The molecule has 3 heteroatoms. The van der Waals surface area contributed by atoms with E-state index in [0.29, 0.717) is 13.2 Å². The van der Waals surface area contributed by atoms with E-state index in [1.54, 1.807) is 0 Å². The van der Waals surface area contributed by atoms with Crippen LogP contribution in [0.3, 0.4) is 0 Å². The van der Waals surface area contributed by atoms with E-state index in [9.17, 15) is 0 Å². The van der Waals surface area contributed by atoms with Crippen molar-refractivity contribution in [3.05, 3.63) is 59.7 Å². The molecule has 3 rings (SSSR count). The summed E-state index contributed by atoms with van der Waals surface area (Å²) >= 11 is 0. The molecule has 0 atom stereocenters. The van der Waals surface area contributed by atoms with Gasteiger partial charge in [-0.3, -0.25) is 0 Å². The molecule has 0 saturated heterocycles. The van der Waals surface area contributed by atoms with Crippen molar-refractivity contribution in [2.45, 2.75) is 26.8 Å². The third kappa shape index (κ3) is 4.78. The highest BCUT2D eigenvalue weighted by molar-refractivity contribution is 5.43. The maximum Gasteiger partial charge on any atom is 0.161 e.